The Hall–Kier alpha value is -2.24. The van der Waals surface area contributed by atoms with Crippen molar-refractivity contribution in [1.29, 1.82) is 0 Å². The number of amides is 1. The van der Waals surface area contributed by atoms with Crippen LogP contribution < -0.4 is 16.4 Å². The van der Waals surface area contributed by atoms with Crippen LogP contribution in [-0.4, -0.2) is 29.6 Å². The average molecular weight is 265 g/mol. The summed E-state index contributed by atoms with van der Waals surface area (Å²) in [5.41, 5.74) is 6.87. The van der Waals surface area contributed by atoms with Crippen LogP contribution in [0.25, 0.3) is 0 Å². The fourth-order valence-corrected chi connectivity index (χ4v) is 1.55. The zero-order valence-electron chi connectivity index (χ0n) is 11.1. The molecule has 5 N–H and O–H groups in total. The molecule has 0 saturated heterocycles. The minimum absolute atomic E-state index is 0.0598. The van der Waals surface area contributed by atoms with Gasteiger partial charge in [0.2, 0.25) is 5.91 Å². The maximum atomic E-state index is 11.4. The quantitative estimate of drug-likeness (QED) is 0.580. The van der Waals surface area contributed by atoms with Crippen molar-refractivity contribution in [2.75, 3.05) is 17.6 Å². The van der Waals surface area contributed by atoms with E-state index in [1.54, 1.807) is 0 Å². The smallest absolute Gasteiger partial charge is 0.335 e. The second kappa shape index (κ2) is 6.63. The topological polar surface area (TPSA) is 104 Å². The summed E-state index contributed by atoms with van der Waals surface area (Å²) >= 11 is 0. The van der Waals surface area contributed by atoms with E-state index in [1.165, 1.54) is 18.2 Å². The normalized spacial score (nSPS) is 10.3. The lowest BCUT2D eigenvalue weighted by Crippen LogP contribution is -2.31. The molecular formula is C13H19N3O3. The molecular weight excluding hydrogens is 246 g/mol. The number of carboxylic acid groups (broad SMARTS) is 1. The molecule has 0 fully saturated rings. The molecule has 1 aromatic carbocycles. The van der Waals surface area contributed by atoms with Crippen LogP contribution in [0.5, 0.6) is 0 Å². The van der Waals surface area contributed by atoms with Gasteiger partial charge in [-0.15, -0.1) is 0 Å². The van der Waals surface area contributed by atoms with Gasteiger partial charge in [-0.2, -0.15) is 0 Å². The molecule has 0 aromatic heterocycles. The molecule has 0 unspecified atom stereocenters. The van der Waals surface area contributed by atoms with Gasteiger partial charge in [-0.3, -0.25) is 4.79 Å². The summed E-state index contributed by atoms with van der Waals surface area (Å²) in [5.74, 6) is -1.07. The third-order valence-corrected chi connectivity index (χ3v) is 2.42. The van der Waals surface area contributed by atoms with Crippen molar-refractivity contribution >= 4 is 23.3 Å². The van der Waals surface area contributed by atoms with Crippen molar-refractivity contribution < 1.29 is 14.7 Å². The maximum Gasteiger partial charge on any atom is 0.335 e. The Labute approximate surface area is 112 Å². The molecule has 19 heavy (non-hydrogen) atoms. The van der Waals surface area contributed by atoms with Crippen LogP contribution in [0.15, 0.2) is 18.2 Å². The summed E-state index contributed by atoms with van der Waals surface area (Å²) in [6.07, 6.45) is 0.301. The van der Waals surface area contributed by atoms with Crippen LogP contribution in [-0.2, 0) is 4.79 Å². The number of aromatic carboxylic acids is 1. The van der Waals surface area contributed by atoms with E-state index in [-0.39, 0.29) is 17.5 Å². The van der Waals surface area contributed by atoms with E-state index in [1.807, 2.05) is 13.8 Å². The molecule has 1 rings (SSSR count). The van der Waals surface area contributed by atoms with Gasteiger partial charge in [0.05, 0.1) is 16.9 Å². The number of rotatable bonds is 6. The van der Waals surface area contributed by atoms with E-state index in [0.29, 0.717) is 24.3 Å². The number of carboxylic acids is 1. The first-order chi connectivity index (χ1) is 8.90. The third-order valence-electron chi connectivity index (χ3n) is 2.42. The second-order valence-electron chi connectivity index (χ2n) is 4.51. The first-order valence-corrected chi connectivity index (χ1v) is 6.06. The summed E-state index contributed by atoms with van der Waals surface area (Å²) in [6, 6.07) is 4.53. The van der Waals surface area contributed by atoms with Crippen LogP contribution in [0.4, 0.5) is 11.4 Å². The van der Waals surface area contributed by atoms with Gasteiger partial charge < -0.3 is 21.5 Å². The lowest BCUT2D eigenvalue weighted by Gasteiger charge is -2.11. The molecule has 6 heteroatoms. The molecule has 1 amide bonds. The number of nitrogen functional groups attached to an aromatic ring is 1. The highest BCUT2D eigenvalue weighted by Crippen LogP contribution is 2.19. The van der Waals surface area contributed by atoms with E-state index in [9.17, 15) is 9.59 Å². The Morgan fingerprint density at radius 2 is 2.05 bits per heavy atom. The van der Waals surface area contributed by atoms with Gasteiger partial charge in [0, 0.05) is 19.0 Å². The van der Waals surface area contributed by atoms with E-state index < -0.39 is 5.97 Å². The molecule has 1 aromatic rings. The van der Waals surface area contributed by atoms with Gasteiger partial charge in [-0.1, -0.05) is 0 Å². The molecule has 0 bridgehead atoms. The molecule has 0 radical (unpaired) electrons. The largest absolute Gasteiger partial charge is 0.478 e. The first-order valence-electron chi connectivity index (χ1n) is 6.06. The summed E-state index contributed by atoms with van der Waals surface area (Å²) in [6.45, 7) is 4.17. The highest BCUT2D eigenvalue weighted by Gasteiger charge is 2.07. The van der Waals surface area contributed by atoms with E-state index >= 15 is 0 Å². The SMILES string of the molecule is CC(C)NC(=O)CCNc1cc(C(=O)O)ccc1N. The molecule has 0 spiro atoms. The molecule has 0 aliphatic rings. The van der Waals surface area contributed by atoms with Gasteiger partial charge in [0.1, 0.15) is 0 Å². The second-order valence-corrected chi connectivity index (χ2v) is 4.51. The number of carbonyl (C=O) groups is 2. The van der Waals surface area contributed by atoms with Gasteiger partial charge in [-0.25, -0.2) is 4.79 Å². The van der Waals surface area contributed by atoms with Crippen molar-refractivity contribution in [3.63, 3.8) is 0 Å². The van der Waals surface area contributed by atoms with Crippen LogP contribution in [0.2, 0.25) is 0 Å². The van der Waals surface area contributed by atoms with Gasteiger partial charge >= 0.3 is 5.97 Å². The van der Waals surface area contributed by atoms with Gasteiger partial charge in [-0.05, 0) is 32.0 Å². The number of hydrogen-bond acceptors (Lipinski definition) is 4. The van der Waals surface area contributed by atoms with E-state index in [4.69, 9.17) is 10.8 Å². The lowest BCUT2D eigenvalue weighted by atomic mass is 10.1. The number of benzene rings is 1. The van der Waals surface area contributed by atoms with Crippen LogP contribution >= 0.6 is 0 Å². The van der Waals surface area contributed by atoms with Crippen LogP contribution in [0.1, 0.15) is 30.6 Å². The third kappa shape index (κ3) is 4.87. The van der Waals surface area contributed by atoms with Gasteiger partial charge in [0.15, 0.2) is 0 Å². The fourth-order valence-electron chi connectivity index (χ4n) is 1.55. The zero-order chi connectivity index (χ0) is 14.4. The van der Waals surface area contributed by atoms with Crippen LogP contribution in [0, 0.1) is 0 Å². The number of anilines is 2. The highest BCUT2D eigenvalue weighted by molar-refractivity contribution is 5.90. The number of nitrogens with one attached hydrogen (secondary N) is 2. The molecule has 104 valence electrons. The Kier molecular flexibility index (Phi) is 5.17. The van der Waals surface area contributed by atoms with E-state index in [2.05, 4.69) is 10.6 Å². The average Bonchev–Trinajstić information content (AvgIpc) is 2.30. The number of carbonyl (C=O) groups excluding carboxylic acids is 1. The number of hydrogen-bond donors (Lipinski definition) is 4. The standard InChI is InChI=1S/C13H19N3O3/c1-8(2)16-12(17)5-6-15-11-7-9(13(18)19)3-4-10(11)14/h3-4,7-8,15H,5-6,14H2,1-2H3,(H,16,17)(H,18,19). The molecule has 0 atom stereocenters. The lowest BCUT2D eigenvalue weighted by molar-refractivity contribution is -0.121. The summed E-state index contributed by atoms with van der Waals surface area (Å²) in [4.78, 5) is 22.3. The molecule has 0 aliphatic heterocycles. The predicted octanol–water partition coefficient (Wildman–Crippen LogP) is 1.29. The molecule has 0 saturated carbocycles. The Balaban J connectivity index is 2.55. The molecule has 6 nitrogen and oxygen atoms in total. The Morgan fingerprint density at radius 3 is 2.63 bits per heavy atom. The van der Waals surface area contributed by atoms with Crippen molar-refractivity contribution in [2.45, 2.75) is 26.3 Å². The number of nitrogens with two attached hydrogens (primary N) is 1. The predicted molar refractivity (Wildman–Crippen MR) is 74.2 cm³/mol. The Bertz CT molecular complexity index is 472. The summed E-state index contributed by atoms with van der Waals surface area (Å²) in [5, 5.41) is 14.6. The van der Waals surface area contributed by atoms with Crippen LogP contribution in [0.3, 0.4) is 0 Å². The minimum Gasteiger partial charge on any atom is -0.478 e. The monoisotopic (exact) mass is 265 g/mol. The molecule has 0 aliphatic carbocycles. The van der Waals surface area contributed by atoms with E-state index in [0.717, 1.165) is 0 Å². The van der Waals surface area contributed by atoms with Crippen molar-refractivity contribution in [3.8, 4) is 0 Å². The highest BCUT2D eigenvalue weighted by atomic mass is 16.4. The zero-order valence-corrected chi connectivity index (χ0v) is 11.1. The Morgan fingerprint density at radius 1 is 1.37 bits per heavy atom. The van der Waals surface area contributed by atoms with Crippen molar-refractivity contribution in [3.05, 3.63) is 23.8 Å². The summed E-state index contributed by atoms with van der Waals surface area (Å²) < 4.78 is 0. The molecule has 0 heterocycles. The van der Waals surface area contributed by atoms with Crippen molar-refractivity contribution in [2.24, 2.45) is 0 Å². The maximum absolute atomic E-state index is 11.4. The first kappa shape index (κ1) is 14.8. The fraction of sp³-hybridized carbons (Fsp3) is 0.385. The van der Waals surface area contributed by atoms with Crippen molar-refractivity contribution in [1.82, 2.24) is 5.32 Å². The van der Waals surface area contributed by atoms with Gasteiger partial charge in [0.25, 0.3) is 0 Å². The minimum atomic E-state index is -1.01. The summed E-state index contributed by atoms with van der Waals surface area (Å²) in [7, 11) is 0.